The summed E-state index contributed by atoms with van der Waals surface area (Å²) in [5, 5.41) is 7.27. The predicted octanol–water partition coefficient (Wildman–Crippen LogP) is 5.77. The number of aryl methyl sites for hydroxylation is 3. The lowest BCUT2D eigenvalue weighted by atomic mass is 9.99. The van der Waals surface area contributed by atoms with Gasteiger partial charge in [-0.3, -0.25) is 4.79 Å². The first-order chi connectivity index (χ1) is 16.0. The van der Waals surface area contributed by atoms with Crippen LogP contribution >= 0.6 is 11.3 Å². The molecule has 2 N–H and O–H groups in total. The van der Waals surface area contributed by atoms with Crippen molar-refractivity contribution in [3.8, 4) is 5.75 Å². The van der Waals surface area contributed by atoms with Gasteiger partial charge in [-0.2, -0.15) is 0 Å². The van der Waals surface area contributed by atoms with Gasteiger partial charge in [-0.15, -0.1) is 11.3 Å². The third kappa shape index (κ3) is 5.23. The van der Waals surface area contributed by atoms with E-state index < -0.39 is 0 Å². The molecule has 0 saturated carbocycles. The largest absolute Gasteiger partial charge is 0.497 e. The summed E-state index contributed by atoms with van der Waals surface area (Å²) >= 11 is 1.55. The highest BCUT2D eigenvalue weighted by Crippen LogP contribution is 2.38. The van der Waals surface area contributed by atoms with Crippen molar-refractivity contribution in [2.24, 2.45) is 0 Å². The van der Waals surface area contributed by atoms with Gasteiger partial charge < -0.3 is 19.8 Å². The summed E-state index contributed by atoms with van der Waals surface area (Å²) in [6.45, 7) is 5.98. The molecule has 4 aromatic rings. The van der Waals surface area contributed by atoms with Crippen LogP contribution in [-0.2, 0) is 6.42 Å². The molecule has 1 aromatic carbocycles. The maximum absolute atomic E-state index is 12.8. The quantitative estimate of drug-likeness (QED) is 0.345. The van der Waals surface area contributed by atoms with Crippen LogP contribution in [0.15, 0.2) is 59.2 Å². The molecule has 33 heavy (non-hydrogen) atoms. The Morgan fingerprint density at radius 2 is 1.85 bits per heavy atom. The minimum Gasteiger partial charge on any atom is -0.497 e. The highest BCUT2D eigenvalue weighted by atomic mass is 32.1. The Hall–Kier alpha value is -3.65. The number of nitrogens with one attached hydrogen (secondary N) is 2. The summed E-state index contributed by atoms with van der Waals surface area (Å²) in [6, 6.07) is 14.9. The molecule has 3 heterocycles. The van der Waals surface area contributed by atoms with Gasteiger partial charge in [-0.25, -0.2) is 9.97 Å². The van der Waals surface area contributed by atoms with Crippen LogP contribution in [0.3, 0.4) is 0 Å². The molecule has 0 aliphatic rings. The number of furan rings is 1. The van der Waals surface area contributed by atoms with E-state index in [1.54, 1.807) is 30.6 Å². The molecule has 0 spiro atoms. The van der Waals surface area contributed by atoms with Crippen LogP contribution in [0.1, 0.15) is 50.9 Å². The normalized spacial score (nSPS) is 11.8. The average molecular weight is 463 g/mol. The number of thiophene rings is 1. The van der Waals surface area contributed by atoms with Crippen LogP contribution in [0.2, 0.25) is 0 Å². The van der Waals surface area contributed by atoms with E-state index in [0.29, 0.717) is 5.95 Å². The van der Waals surface area contributed by atoms with Crippen LogP contribution in [0, 0.1) is 13.8 Å². The SMILES string of the molecule is CCc1cc([C@H](Nc2nc(C)cc(C)n2)c2ccc(OC)cc2)c(NC(=O)c2ccco2)s1. The molecule has 8 heteroatoms. The zero-order valence-corrected chi connectivity index (χ0v) is 19.8. The van der Waals surface area contributed by atoms with Crippen molar-refractivity contribution in [3.63, 3.8) is 0 Å². The summed E-state index contributed by atoms with van der Waals surface area (Å²) in [5.41, 5.74) is 3.69. The topological polar surface area (TPSA) is 89.3 Å². The second-order valence-electron chi connectivity index (χ2n) is 7.61. The maximum atomic E-state index is 12.8. The lowest BCUT2D eigenvalue weighted by molar-refractivity contribution is 0.0997. The Labute approximate surface area is 196 Å². The number of amides is 1. The van der Waals surface area contributed by atoms with Gasteiger partial charge in [0.1, 0.15) is 10.8 Å². The highest BCUT2D eigenvalue weighted by Gasteiger charge is 2.24. The number of benzene rings is 1. The molecule has 0 aliphatic heterocycles. The lowest BCUT2D eigenvalue weighted by Crippen LogP contribution is -2.18. The third-order valence-electron chi connectivity index (χ3n) is 5.15. The van der Waals surface area contributed by atoms with Gasteiger partial charge in [0.25, 0.3) is 5.91 Å². The van der Waals surface area contributed by atoms with E-state index in [9.17, 15) is 4.79 Å². The van der Waals surface area contributed by atoms with Crippen LogP contribution in [0.4, 0.5) is 10.9 Å². The number of methoxy groups -OCH3 is 1. The van der Waals surface area contributed by atoms with E-state index in [1.807, 2.05) is 44.2 Å². The number of hydrogen-bond acceptors (Lipinski definition) is 7. The molecule has 7 nitrogen and oxygen atoms in total. The third-order valence-corrected chi connectivity index (χ3v) is 6.36. The van der Waals surface area contributed by atoms with Gasteiger partial charge >= 0.3 is 0 Å². The first kappa shape index (κ1) is 22.5. The second-order valence-corrected chi connectivity index (χ2v) is 8.74. The minimum atomic E-state index is -0.291. The monoisotopic (exact) mass is 462 g/mol. The standard InChI is InChI=1S/C25H26N4O3S/c1-5-19-14-20(24(33-19)29-23(30)21-7-6-12-32-21)22(17-8-10-18(31-4)11-9-17)28-25-26-15(2)13-16(3)27-25/h6-14,22H,5H2,1-4H3,(H,29,30)(H,26,27,28)/t22-/m1/s1. The van der Waals surface area contributed by atoms with Gasteiger partial charge in [-0.05, 0) is 62.2 Å². The number of nitrogens with zero attached hydrogens (tertiary/aromatic N) is 2. The van der Waals surface area contributed by atoms with Crippen molar-refractivity contribution in [2.45, 2.75) is 33.2 Å². The number of anilines is 2. The fourth-order valence-corrected chi connectivity index (χ4v) is 4.60. The Balaban J connectivity index is 1.77. The molecule has 0 unspecified atom stereocenters. The zero-order chi connectivity index (χ0) is 23.4. The maximum Gasteiger partial charge on any atom is 0.291 e. The fourth-order valence-electron chi connectivity index (χ4n) is 3.57. The van der Waals surface area contributed by atoms with E-state index in [1.165, 1.54) is 6.26 Å². The van der Waals surface area contributed by atoms with Crippen molar-refractivity contribution in [2.75, 3.05) is 17.7 Å². The van der Waals surface area contributed by atoms with E-state index >= 15 is 0 Å². The van der Waals surface area contributed by atoms with Crippen molar-refractivity contribution >= 4 is 28.2 Å². The van der Waals surface area contributed by atoms with Crippen molar-refractivity contribution < 1.29 is 13.9 Å². The van der Waals surface area contributed by atoms with Crippen molar-refractivity contribution in [3.05, 3.63) is 87.9 Å². The molecule has 0 aliphatic carbocycles. The first-order valence-corrected chi connectivity index (χ1v) is 11.5. The van der Waals surface area contributed by atoms with Gasteiger partial charge in [-0.1, -0.05) is 19.1 Å². The summed E-state index contributed by atoms with van der Waals surface area (Å²) in [4.78, 5) is 23.1. The molecule has 3 aromatic heterocycles. The first-order valence-electron chi connectivity index (χ1n) is 10.7. The molecular formula is C25H26N4O3S. The smallest absolute Gasteiger partial charge is 0.291 e. The van der Waals surface area contributed by atoms with Crippen molar-refractivity contribution in [1.29, 1.82) is 0 Å². The van der Waals surface area contributed by atoms with Crippen LogP contribution in [0.5, 0.6) is 5.75 Å². The summed E-state index contributed by atoms with van der Waals surface area (Å²) < 4.78 is 10.6. The van der Waals surface area contributed by atoms with Crippen LogP contribution < -0.4 is 15.4 Å². The molecule has 0 fully saturated rings. The Bertz CT molecular complexity index is 1210. The predicted molar refractivity (Wildman–Crippen MR) is 130 cm³/mol. The average Bonchev–Trinajstić information content (AvgIpc) is 3.47. The van der Waals surface area contributed by atoms with Gasteiger partial charge in [0.2, 0.25) is 5.95 Å². The van der Waals surface area contributed by atoms with Gasteiger partial charge in [0.15, 0.2) is 5.76 Å². The molecule has 0 bridgehead atoms. The van der Waals surface area contributed by atoms with Gasteiger partial charge in [0, 0.05) is 21.8 Å². The van der Waals surface area contributed by atoms with Crippen molar-refractivity contribution in [1.82, 2.24) is 9.97 Å². The number of hydrogen-bond donors (Lipinski definition) is 2. The Kier molecular flexibility index (Phi) is 6.74. The van der Waals surface area contributed by atoms with Gasteiger partial charge in [0.05, 0.1) is 19.4 Å². The minimum absolute atomic E-state index is 0.263. The van der Waals surface area contributed by atoms with E-state index in [2.05, 4.69) is 33.6 Å². The molecule has 0 saturated heterocycles. The Morgan fingerprint density at radius 1 is 1.12 bits per heavy atom. The van der Waals surface area contributed by atoms with E-state index in [0.717, 1.165) is 44.6 Å². The fraction of sp³-hybridized carbons (Fsp3) is 0.240. The molecule has 4 rings (SSSR count). The second kappa shape index (κ2) is 9.87. The molecule has 0 radical (unpaired) electrons. The zero-order valence-electron chi connectivity index (χ0n) is 19.0. The number of carbonyl (C=O) groups excluding carboxylic acids is 1. The summed E-state index contributed by atoms with van der Waals surface area (Å²) in [5.74, 6) is 1.27. The van der Waals surface area contributed by atoms with E-state index in [-0.39, 0.29) is 17.7 Å². The highest BCUT2D eigenvalue weighted by molar-refractivity contribution is 7.16. The number of aromatic nitrogens is 2. The molecule has 1 amide bonds. The molecule has 170 valence electrons. The van der Waals surface area contributed by atoms with Crippen LogP contribution in [0.25, 0.3) is 0 Å². The number of rotatable bonds is 8. The lowest BCUT2D eigenvalue weighted by Gasteiger charge is -2.21. The number of ether oxygens (including phenoxy) is 1. The summed E-state index contributed by atoms with van der Waals surface area (Å²) in [6.07, 6.45) is 2.34. The molecular weight excluding hydrogens is 436 g/mol. The summed E-state index contributed by atoms with van der Waals surface area (Å²) in [7, 11) is 1.64. The number of carbonyl (C=O) groups is 1. The van der Waals surface area contributed by atoms with E-state index in [4.69, 9.17) is 9.15 Å². The Morgan fingerprint density at radius 3 is 2.45 bits per heavy atom. The van der Waals surface area contributed by atoms with Crippen LogP contribution in [-0.4, -0.2) is 23.0 Å². The molecule has 1 atom stereocenters.